The van der Waals surface area contributed by atoms with Crippen molar-refractivity contribution >= 4 is 39.0 Å². The maximum atomic E-state index is 6.04. The summed E-state index contributed by atoms with van der Waals surface area (Å²) in [4.78, 5) is 11.7. The van der Waals surface area contributed by atoms with Crippen LogP contribution in [0.5, 0.6) is 0 Å². The van der Waals surface area contributed by atoms with Gasteiger partial charge in [-0.3, -0.25) is 0 Å². The van der Waals surface area contributed by atoms with Crippen molar-refractivity contribution in [3.05, 3.63) is 40.5 Å². The van der Waals surface area contributed by atoms with Crippen LogP contribution < -0.4 is 4.90 Å². The molecule has 114 valence electrons. The van der Waals surface area contributed by atoms with Crippen LogP contribution >= 0.6 is 22.9 Å². The van der Waals surface area contributed by atoms with Gasteiger partial charge in [-0.15, -0.1) is 11.3 Å². The Morgan fingerprint density at radius 1 is 1.09 bits per heavy atom. The van der Waals surface area contributed by atoms with Gasteiger partial charge in [-0.1, -0.05) is 38.1 Å². The highest BCUT2D eigenvalue weighted by Gasteiger charge is 2.16. The molecular formula is C17H18ClN3S. The fourth-order valence-corrected chi connectivity index (χ4v) is 3.64. The quantitative estimate of drug-likeness (QED) is 0.617. The average Bonchev–Trinajstić information content (AvgIpc) is 2.89. The van der Waals surface area contributed by atoms with Gasteiger partial charge in [-0.05, 0) is 28.6 Å². The number of hydrogen-bond acceptors (Lipinski definition) is 4. The second-order valence-corrected chi connectivity index (χ2v) is 7.01. The first-order valence-electron chi connectivity index (χ1n) is 7.19. The van der Waals surface area contributed by atoms with Crippen molar-refractivity contribution in [3.8, 4) is 11.1 Å². The number of fused-ring (bicyclic) bond motifs is 1. The Morgan fingerprint density at radius 2 is 1.77 bits per heavy atom. The number of aromatic nitrogens is 2. The van der Waals surface area contributed by atoms with Gasteiger partial charge >= 0.3 is 0 Å². The van der Waals surface area contributed by atoms with Crippen molar-refractivity contribution in [3.63, 3.8) is 0 Å². The van der Waals surface area contributed by atoms with E-state index >= 15 is 0 Å². The van der Waals surface area contributed by atoms with Crippen LogP contribution in [0.2, 0.25) is 5.28 Å². The summed E-state index contributed by atoms with van der Waals surface area (Å²) in [6.07, 6.45) is 0. The molecule has 3 aromatic rings. The lowest BCUT2D eigenvalue weighted by molar-refractivity contribution is 0.867. The van der Waals surface area contributed by atoms with Gasteiger partial charge in [0.15, 0.2) is 0 Å². The van der Waals surface area contributed by atoms with Crippen LogP contribution in [0.3, 0.4) is 0 Å². The van der Waals surface area contributed by atoms with Gasteiger partial charge in [-0.2, -0.15) is 4.98 Å². The van der Waals surface area contributed by atoms with Gasteiger partial charge < -0.3 is 4.90 Å². The number of thiophene rings is 1. The van der Waals surface area contributed by atoms with Crippen LogP contribution in [0.1, 0.15) is 25.3 Å². The molecule has 3 nitrogen and oxygen atoms in total. The molecule has 0 aliphatic carbocycles. The van der Waals surface area contributed by atoms with E-state index in [1.807, 2.05) is 19.0 Å². The van der Waals surface area contributed by atoms with Crippen molar-refractivity contribution in [2.24, 2.45) is 0 Å². The van der Waals surface area contributed by atoms with Gasteiger partial charge in [0.2, 0.25) is 5.28 Å². The van der Waals surface area contributed by atoms with Crippen LogP contribution in [-0.4, -0.2) is 24.1 Å². The predicted octanol–water partition coefficient (Wildman–Crippen LogP) is 5.20. The summed E-state index contributed by atoms with van der Waals surface area (Å²) >= 11 is 7.64. The SMILES string of the molecule is CC(C)c1ccc(-c2csc3nc(Cl)nc(N(C)C)c23)cc1. The minimum atomic E-state index is 0.291. The molecule has 0 radical (unpaired) electrons. The van der Waals surface area contributed by atoms with E-state index in [0.717, 1.165) is 21.6 Å². The van der Waals surface area contributed by atoms with E-state index in [9.17, 15) is 0 Å². The van der Waals surface area contributed by atoms with Crippen molar-refractivity contribution < 1.29 is 0 Å². The summed E-state index contributed by atoms with van der Waals surface area (Å²) in [5.41, 5.74) is 3.69. The minimum Gasteiger partial charge on any atom is -0.362 e. The highest BCUT2D eigenvalue weighted by molar-refractivity contribution is 7.17. The molecule has 0 aliphatic heterocycles. The molecule has 0 bridgehead atoms. The number of nitrogens with zero attached hydrogens (tertiary/aromatic N) is 3. The molecule has 0 saturated heterocycles. The highest BCUT2D eigenvalue weighted by atomic mass is 35.5. The van der Waals surface area contributed by atoms with Gasteiger partial charge in [0, 0.05) is 25.0 Å². The van der Waals surface area contributed by atoms with Crippen LogP contribution in [0.15, 0.2) is 29.6 Å². The smallest absolute Gasteiger partial charge is 0.225 e. The Bertz CT molecular complexity index is 807. The summed E-state index contributed by atoms with van der Waals surface area (Å²) < 4.78 is 0. The third kappa shape index (κ3) is 2.69. The maximum absolute atomic E-state index is 6.04. The molecule has 0 aliphatic rings. The highest BCUT2D eigenvalue weighted by Crippen LogP contribution is 2.38. The maximum Gasteiger partial charge on any atom is 0.225 e. The monoisotopic (exact) mass is 331 g/mol. The summed E-state index contributed by atoms with van der Waals surface area (Å²) in [6, 6.07) is 8.72. The summed E-state index contributed by atoms with van der Waals surface area (Å²) in [5.74, 6) is 1.40. The summed E-state index contributed by atoms with van der Waals surface area (Å²) in [6.45, 7) is 4.41. The zero-order chi connectivity index (χ0) is 15.9. The Morgan fingerprint density at radius 3 is 2.36 bits per heavy atom. The Hall–Kier alpha value is -1.65. The van der Waals surface area contributed by atoms with E-state index in [1.165, 1.54) is 11.1 Å². The molecule has 0 amide bonds. The van der Waals surface area contributed by atoms with Crippen LogP contribution in [0.25, 0.3) is 21.3 Å². The lowest BCUT2D eigenvalue weighted by Crippen LogP contribution is -2.11. The zero-order valence-corrected chi connectivity index (χ0v) is 14.7. The van der Waals surface area contributed by atoms with Gasteiger partial charge in [0.1, 0.15) is 10.6 Å². The van der Waals surface area contributed by atoms with Gasteiger partial charge in [-0.25, -0.2) is 4.98 Å². The Labute approximate surface area is 139 Å². The zero-order valence-electron chi connectivity index (χ0n) is 13.1. The van der Waals surface area contributed by atoms with Gasteiger partial charge in [0.05, 0.1) is 5.39 Å². The van der Waals surface area contributed by atoms with E-state index in [0.29, 0.717) is 11.2 Å². The molecule has 5 heteroatoms. The number of hydrogen-bond donors (Lipinski definition) is 0. The molecule has 2 aromatic heterocycles. The van der Waals surface area contributed by atoms with E-state index in [4.69, 9.17) is 11.6 Å². The normalized spacial score (nSPS) is 11.4. The molecule has 0 N–H and O–H groups in total. The molecule has 0 fully saturated rings. The lowest BCUT2D eigenvalue weighted by Gasteiger charge is -2.14. The Balaban J connectivity index is 2.19. The fraction of sp³-hybridized carbons (Fsp3) is 0.294. The molecular weight excluding hydrogens is 314 g/mol. The first-order chi connectivity index (χ1) is 10.5. The predicted molar refractivity (Wildman–Crippen MR) is 96.3 cm³/mol. The molecule has 22 heavy (non-hydrogen) atoms. The molecule has 0 spiro atoms. The average molecular weight is 332 g/mol. The van der Waals surface area contributed by atoms with E-state index in [1.54, 1.807) is 11.3 Å². The van der Waals surface area contributed by atoms with Crippen LogP contribution in [0, 0.1) is 0 Å². The van der Waals surface area contributed by atoms with Crippen molar-refractivity contribution in [1.29, 1.82) is 0 Å². The van der Waals surface area contributed by atoms with Crippen LogP contribution in [0.4, 0.5) is 5.82 Å². The second-order valence-electron chi connectivity index (χ2n) is 5.82. The topological polar surface area (TPSA) is 29.0 Å². The molecule has 3 rings (SSSR count). The number of halogens is 1. The number of rotatable bonds is 3. The third-order valence-corrected chi connectivity index (χ3v) is 4.74. The second kappa shape index (κ2) is 5.86. The van der Waals surface area contributed by atoms with E-state index in [-0.39, 0.29) is 0 Å². The molecule has 1 aromatic carbocycles. The first kappa shape index (κ1) is 15.3. The first-order valence-corrected chi connectivity index (χ1v) is 8.45. The van der Waals surface area contributed by atoms with Crippen molar-refractivity contribution in [2.45, 2.75) is 19.8 Å². The van der Waals surface area contributed by atoms with E-state index in [2.05, 4.69) is 53.5 Å². The summed E-state index contributed by atoms with van der Waals surface area (Å²) in [5, 5.41) is 3.49. The molecule has 0 saturated carbocycles. The molecule has 0 unspecified atom stereocenters. The minimum absolute atomic E-state index is 0.291. The van der Waals surface area contributed by atoms with Gasteiger partial charge in [0.25, 0.3) is 0 Å². The molecule has 0 atom stereocenters. The Kier molecular flexibility index (Phi) is 4.06. The summed E-state index contributed by atoms with van der Waals surface area (Å²) in [7, 11) is 3.95. The van der Waals surface area contributed by atoms with Crippen molar-refractivity contribution in [2.75, 3.05) is 19.0 Å². The van der Waals surface area contributed by atoms with E-state index < -0.39 is 0 Å². The number of benzene rings is 1. The van der Waals surface area contributed by atoms with Crippen LogP contribution in [-0.2, 0) is 0 Å². The molecule has 2 heterocycles. The standard InChI is InChI=1S/C17H18ClN3S/c1-10(2)11-5-7-12(8-6-11)13-9-22-16-14(13)15(21(3)4)19-17(18)20-16/h5-10H,1-4H3. The third-order valence-electron chi connectivity index (χ3n) is 3.70. The fourth-order valence-electron chi connectivity index (χ4n) is 2.48. The largest absolute Gasteiger partial charge is 0.362 e. The lowest BCUT2D eigenvalue weighted by atomic mass is 9.99. The van der Waals surface area contributed by atoms with Crippen molar-refractivity contribution in [1.82, 2.24) is 9.97 Å². The number of anilines is 1.